The molecule has 1 aliphatic heterocycles. The molecule has 1 aromatic carbocycles. The molecule has 0 atom stereocenters. The van der Waals surface area contributed by atoms with Crippen molar-refractivity contribution in [2.24, 2.45) is 5.92 Å². The lowest BCUT2D eigenvalue weighted by Gasteiger charge is -2.23. The summed E-state index contributed by atoms with van der Waals surface area (Å²) in [7, 11) is 0. The minimum Gasteiger partial charge on any atom is -0.349 e. The molecular formula is C25H23ClN6O2S. The Kier molecular flexibility index (Phi) is 6.50. The fourth-order valence-electron chi connectivity index (χ4n) is 3.95. The van der Waals surface area contributed by atoms with Gasteiger partial charge in [0.05, 0.1) is 33.6 Å². The molecule has 5 rings (SSSR count). The van der Waals surface area contributed by atoms with Crippen LogP contribution >= 0.6 is 23.4 Å². The minimum absolute atomic E-state index is 0.136. The Labute approximate surface area is 212 Å². The quantitative estimate of drug-likeness (QED) is 0.497. The van der Waals surface area contributed by atoms with Crippen LogP contribution in [0.15, 0.2) is 36.5 Å². The van der Waals surface area contributed by atoms with Crippen LogP contribution < -0.4 is 10.6 Å². The number of carbonyl (C=O) groups excluding carboxylic acids is 2. The van der Waals surface area contributed by atoms with Gasteiger partial charge < -0.3 is 10.6 Å². The third kappa shape index (κ3) is 5.04. The second-order valence-corrected chi connectivity index (χ2v) is 10.4. The average Bonchev–Trinajstić information content (AvgIpc) is 3.53. The number of aryl methyl sites for hydroxylation is 1. The van der Waals surface area contributed by atoms with Gasteiger partial charge >= 0.3 is 0 Å². The van der Waals surface area contributed by atoms with Gasteiger partial charge in [0.2, 0.25) is 0 Å². The standard InChI is InChI=1S/C25H23ClN6O2S/c1-14-7-15(11-27)9-19(24(33)29-17-4-5-17)22(14)30-25(34)21-10-18(8-16-12-35-13-16)31-32(21)23-20(26)3-2-6-28-23/h2-3,6-7,9-10,16-17H,4-5,8,12-13H2,1H3,(H,29,33)(H,30,34). The fourth-order valence-corrected chi connectivity index (χ4v) is 4.96. The normalized spacial score (nSPS) is 15.2. The first-order valence-electron chi connectivity index (χ1n) is 11.4. The molecule has 0 bridgehead atoms. The number of nitrogens with zero attached hydrogens (tertiary/aromatic N) is 4. The summed E-state index contributed by atoms with van der Waals surface area (Å²) >= 11 is 8.28. The number of thioether (sulfide) groups is 1. The van der Waals surface area contributed by atoms with E-state index >= 15 is 0 Å². The number of hydrogen-bond donors (Lipinski definition) is 2. The molecule has 1 saturated carbocycles. The maximum atomic E-state index is 13.6. The van der Waals surface area contributed by atoms with Crippen LogP contribution in [0.4, 0.5) is 5.69 Å². The Bertz CT molecular complexity index is 1360. The lowest BCUT2D eigenvalue weighted by atomic mass is 10.0. The van der Waals surface area contributed by atoms with Crippen molar-refractivity contribution in [3.05, 3.63) is 69.6 Å². The number of aromatic nitrogens is 3. The van der Waals surface area contributed by atoms with E-state index in [1.54, 1.807) is 37.4 Å². The molecule has 1 aliphatic carbocycles. The second kappa shape index (κ2) is 9.72. The van der Waals surface area contributed by atoms with Crippen LogP contribution in [0.5, 0.6) is 0 Å². The molecule has 35 heavy (non-hydrogen) atoms. The third-order valence-corrected chi connectivity index (χ3v) is 7.71. The van der Waals surface area contributed by atoms with Gasteiger partial charge in [-0.15, -0.1) is 0 Å². The monoisotopic (exact) mass is 506 g/mol. The number of benzene rings is 1. The summed E-state index contributed by atoms with van der Waals surface area (Å²) in [5.41, 5.74) is 2.65. The van der Waals surface area contributed by atoms with Gasteiger partial charge in [-0.3, -0.25) is 9.59 Å². The number of carbonyl (C=O) groups is 2. The van der Waals surface area contributed by atoms with E-state index in [9.17, 15) is 14.9 Å². The van der Waals surface area contributed by atoms with Crippen molar-refractivity contribution in [2.45, 2.75) is 32.2 Å². The Morgan fingerprint density at radius 2 is 2.06 bits per heavy atom. The largest absolute Gasteiger partial charge is 0.349 e. The van der Waals surface area contributed by atoms with Crippen LogP contribution in [0.3, 0.4) is 0 Å². The van der Waals surface area contributed by atoms with Crippen molar-refractivity contribution in [3.8, 4) is 11.9 Å². The number of anilines is 1. The molecule has 0 radical (unpaired) electrons. The first-order valence-corrected chi connectivity index (χ1v) is 12.9. The first-order chi connectivity index (χ1) is 16.9. The zero-order valence-electron chi connectivity index (χ0n) is 19.0. The van der Waals surface area contributed by atoms with Crippen molar-refractivity contribution in [1.82, 2.24) is 20.1 Å². The topological polar surface area (TPSA) is 113 Å². The summed E-state index contributed by atoms with van der Waals surface area (Å²) in [6.07, 6.45) is 4.21. The summed E-state index contributed by atoms with van der Waals surface area (Å²) in [4.78, 5) is 30.8. The fraction of sp³-hybridized carbons (Fsp3) is 0.320. The highest BCUT2D eigenvalue weighted by molar-refractivity contribution is 8.00. The molecule has 3 aromatic rings. The highest BCUT2D eigenvalue weighted by atomic mass is 35.5. The predicted octanol–water partition coefficient (Wildman–Crippen LogP) is 4.15. The summed E-state index contributed by atoms with van der Waals surface area (Å²) < 4.78 is 1.46. The van der Waals surface area contributed by atoms with Gasteiger partial charge in [-0.1, -0.05) is 11.6 Å². The van der Waals surface area contributed by atoms with Crippen molar-refractivity contribution < 1.29 is 9.59 Å². The molecule has 0 unspecified atom stereocenters. The first kappa shape index (κ1) is 23.4. The average molecular weight is 507 g/mol. The highest BCUT2D eigenvalue weighted by Crippen LogP contribution is 2.30. The Morgan fingerprint density at radius 3 is 2.71 bits per heavy atom. The summed E-state index contributed by atoms with van der Waals surface area (Å²) in [6, 6.07) is 10.5. The summed E-state index contributed by atoms with van der Waals surface area (Å²) in [5.74, 6) is 2.27. The number of pyridine rings is 1. The molecule has 178 valence electrons. The molecule has 2 N–H and O–H groups in total. The maximum absolute atomic E-state index is 13.6. The van der Waals surface area contributed by atoms with E-state index in [-0.39, 0.29) is 23.2 Å². The van der Waals surface area contributed by atoms with E-state index in [2.05, 4.69) is 26.8 Å². The van der Waals surface area contributed by atoms with Gasteiger partial charge in [-0.05, 0) is 79.5 Å². The van der Waals surface area contributed by atoms with Crippen LogP contribution in [-0.2, 0) is 6.42 Å². The molecule has 2 amide bonds. The molecule has 2 aromatic heterocycles. The molecule has 2 fully saturated rings. The van der Waals surface area contributed by atoms with Crippen molar-refractivity contribution in [3.63, 3.8) is 0 Å². The maximum Gasteiger partial charge on any atom is 0.274 e. The molecule has 3 heterocycles. The lowest BCUT2D eigenvalue weighted by molar-refractivity contribution is 0.0952. The zero-order valence-corrected chi connectivity index (χ0v) is 20.6. The van der Waals surface area contributed by atoms with Crippen molar-refractivity contribution in [1.29, 1.82) is 5.26 Å². The van der Waals surface area contributed by atoms with E-state index < -0.39 is 5.91 Å². The molecular weight excluding hydrogens is 484 g/mol. The van der Waals surface area contributed by atoms with Gasteiger partial charge in [-0.2, -0.15) is 22.1 Å². The predicted molar refractivity (Wildman–Crippen MR) is 135 cm³/mol. The summed E-state index contributed by atoms with van der Waals surface area (Å²) in [6.45, 7) is 1.76. The van der Waals surface area contributed by atoms with Gasteiger partial charge in [0, 0.05) is 12.2 Å². The van der Waals surface area contributed by atoms with E-state index in [0.717, 1.165) is 36.5 Å². The van der Waals surface area contributed by atoms with Crippen LogP contribution in [0, 0.1) is 24.2 Å². The highest BCUT2D eigenvalue weighted by Gasteiger charge is 2.28. The molecule has 2 aliphatic rings. The van der Waals surface area contributed by atoms with Gasteiger partial charge in [0.25, 0.3) is 11.8 Å². The van der Waals surface area contributed by atoms with Crippen molar-refractivity contribution >= 4 is 40.9 Å². The van der Waals surface area contributed by atoms with Crippen LogP contribution in [0.1, 0.15) is 50.5 Å². The molecule has 10 heteroatoms. The number of amides is 2. The van der Waals surface area contributed by atoms with Crippen molar-refractivity contribution in [2.75, 3.05) is 16.8 Å². The van der Waals surface area contributed by atoms with E-state index in [4.69, 9.17) is 11.6 Å². The van der Waals surface area contributed by atoms with E-state index in [1.807, 2.05) is 11.8 Å². The van der Waals surface area contributed by atoms with Gasteiger partial charge in [0.1, 0.15) is 5.69 Å². The second-order valence-electron chi connectivity index (χ2n) is 8.88. The number of nitrogens with one attached hydrogen (secondary N) is 2. The van der Waals surface area contributed by atoms with E-state index in [1.165, 1.54) is 10.7 Å². The number of nitriles is 1. The van der Waals surface area contributed by atoms with Crippen LogP contribution in [-0.4, -0.2) is 44.1 Å². The Morgan fingerprint density at radius 1 is 1.26 bits per heavy atom. The zero-order chi connectivity index (χ0) is 24.5. The number of rotatable bonds is 7. The molecule has 8 nitrogen and oxygen atoms in total. The summed E-state index contributed by atoms with van der Waals surface area (Å²) in [5, 5.41) is 20.3. The minimum atomic E-state index is -0.443. The van der Waals surface area contributed by atoms with Crippen LogP contribution in [0.2, 0.25) is 5.02 Å². The Hall–Kier alpha value is -3.35. The van der Waals surface area contributed by atoms with Crippen LogP contribution in [0.25, 0.3) is 5.82 Å². The van der Waals surface area contributed by atoms with E-state index in [0.29, 0.717) is 33.6 Å². The molecule has 0 spiro atoms. The Balaban J connectivity index is 1.51. The lowest BCUT2D eigenvalue weighted by Crippen LogP contribution is -2.28. The smallest absolute Gasteiger partial charge is 0.274 e. The van der Waals surface area contributed by atoms with Gasteiger partial charge in [0.15, 0.2) is 5.82 Å². The third-order valence-electron chi connectivity index (χ3n) is 6.00. The number of halogens is 1. The SMILES string of the molecule is Cc1cc(C#N)cc(C(=O)NC2CC2)c1NC(=O)c1cc(CC2CSC2)nn1-c1ncccc1Cl. The van der Waals surface area contributed by atoms with Gasteiger partial charge in [-0.25, -0.2) is 9.67 Å². The molecule has 1 saturated heterocycles. The number of hydrogen-bond acceptors (Lipinski definition) is 6.